The molecule has 1 unspecified atom stereocenters. The van der Waals surface area contributed by atoms with Crippen molar-refractivity contribution in [2.24, 2.45) is 0 Å². The van der Waals surface area contributed by atoms with Crippen LogP contribution in [0.15, 0.2) is 85.1 Å². The number of nitrogens with zero attached hydrogens (tertiary/aromatic N) is 1. The molecular formula is C17H16NP. The van der Waals surface area contributed by atoms with E-state index in [0.717, 1.165) is 5.44 Å². The summed E-state index contributed by atoms with van der Waals surface area (Å²) in [6.07, 6.45) is 1.77. The largest absolute Gasteiger partial charge is 0.257 e. The fraction of sp³-hybridized carbons (Fsp3) is 0. The van der Waals surface area contributed by atoms with Crippen molar-refractivity contribution in [1.29, 1.82) is 0 Å². The monoisotopic (exact) mass is 265 g/mol. The van der Waals surface area contributed by atoms with Gasteiger partial charge >= 0.3 is 0 Å². The molecule has 2 aromatic carbocycles. The molecule has 0 spiro atoms. The van der Waals surface area contributed by atoms with Crippen LogP contribution in [0.3, 0.4) is 0 Å². The van der Waals surface area contributed by atoms with E-state index < -0.39 is 0 Å². The number of hydrogen-bond acceptors (Lipinski definition) is 1. The number of benzene rings is 2. The first kappa shape index (κ1) is 13.5. The molecule has 1 atom stereocenters. The smallest absolute Gasteiger partial charge is 0.0569 e. The molecule has 19 heavy (non-hydrogen) atoms. The SMILES string of the molecule is Pc1ccccn1.c1ccc(-c2ccccc2)cc1. The van der Waals surface area contributed by atoms with Gasteiger partial charge in [-0.3, -0.25) is 4.98 Å². The van der Waals surface area contributed by atoms with E-state index in [4.69, 9.17) is 0 Å². The molecule has 0 aliphatic rings. The summed E-state index contributed by atoms with van der Waals surface area (Å²) < 4.78 is 0. The van der Waals surface area contributed by atoms with Crippen LogP contribution in [-0.2, 0) is 0 Å². The summed E-state index contributed by atoms with van der Waals surface area (Å²) in [5.74, 6) is 0. The Morgan fingerprint density at radius 1 is 0.579 bits per heavy atom. The Morgan fingerprint density at radius 2 is 1.05 bits per heavy atom. The molecular weight excluding hydrogens is 249 g/mol. The van der Waals surface area contributed by atoms with Crippen molar-refractivity contribution >= 4 is 14.7 Å². The normalized spacial score (nSPS) is 9.32. The Hall–Kier alpha value is -1.98. The topological polar surface area (TPSA) is 12.9 Å². The summed E-state index contributed by atoms with van der Waals surface area (Å²) in [6, 6.07) is 26.6. The average molecular weight is 265 g/mol. The highest BCUT2D eigenvalue weighted by Crippen LogP contribution is 2.17. The minimum absolute atomic E-state index is 0.988. The van der Waals surface area contributed by atoms with Gasteiger partial charge in [-0.25, -0.2) is 0 Å². The molecule has 3 aromatic rings. The second-order valence-corrected chi connectivity index (χ2v) is 4.58. The van der Waals surface area contributed by atoms with Crippen LogP contribution in [0.2, 0.25) is 0 Å². The van der Waals surface area contributed by atoms with Crippen molar-refractivity contribution in [2.45, 2.75) is 0 Å². The molecule has 0 bridgehead atoms. The molecule has 94 valence electrons. The second kappa shape index (κ2) is 7.45. The minimum Gasteiger partial charge on any atom is -0.257 e. The first-order chi connectivity index (χ1) is 9.36. The highest BCUT2D eigenvalue weighted by atomic mass is 31.0. The zero-order chi connectivity index (χ0) is 13.3. The molecule has 3 rings (SSSR count). The predicted octanol–water partition coefficient (Wildman–Crippen LogP) is 3.94. The van der Waals surface area contributed by atoms with Crippen LogP contribution in [0.25, 0.3) is 11.1 Å². The Labute approximate surface area is 116 Å². The van der Waals surface area contributed by atoms with Crippen molar-refractivity contribution in [1.82, 2.24) is 4.98 Å². The van der Waals surface area contributed by atoms with Crippen molar-refractivity contribution in [3.05, 3.63) is 85.1 Å². The van der Waals surface area contributed by atoms with Gasteiger partial charge in [0.2, 0.25) is 0 Å². The van der Waals surface area contributed by atoms with E-state index in [1.165, 1.54) is 11.1 Å². The molecule has 1 nitrogen and oxygen atoms in total. The summed E-state index contributed by atoms with van der Waals surface area (Å²) >= 11 is 0. The summed E-state index contributed by atoms with van der Waals surface area (Å²) in [5, 5.41) is 0. The first-order valence-electron chi connectivity index (χ1n) is 6.13. The fourth-order valence-electron chi connectivity index (χ4n) is 1.64. The number of pyridine rings is 1. The molecule has 1 aromatic heterocycles. The van der Waals surface area contributed by atoms with E-state index in [0.29, 0.717) is 0 Å². The van der Waals surface area contributed by atoms with E-state index in [1.54, 1.807) is 6.20 Å². The highest BCUT2D eigenvalue weighted by molar-refractivity contribution is 7.26. The van der Waals surface area contributed by atoms with Gasteiger partial charge in [0.25, 0.3) is 0 Å². The standard InChI is InChI=1S/C12H10.C5H6NP/c1-3-7-11(8-4-1)12-9-5-2-6-10-12;7-5-3-1-2-4-6-5/h1-10H;1-4H,7H2. The minimum atomic E-state index is 0.988. The summed E-state index contributed by atoms with van der Waals surface area (Å²) in [7, 11) is 2.52. The molecule has 0 amide bonds. The predicted molar refractivity (Wildman–Crippen MR) is 85.5 cm³/mol. The van der Waals surface area contributed by atoms with Crippen molar-refractivity contribution < 1.29 is 0 Å². The van der Waals surface area contributed by atoms with Crippen LogP contribution in [0.1, 0.15) is 0 Å². The van der Waals surface area contributed by atoms with Gasteiger partial charge in [0.1, 0.15) is 0 Å². The average Bonchev–Trinajstić information content (AvgIpc) is 2.51. The molecule has 2 heteroatoms. The maximum absolute atomic E-state index is 3.94. The summed E-state index contributed by atoms with van der Waals surface area (Å²) in [4.78, 5) is 3.94. The molecule has 1 heterocycles. The van der Waals surface area contributed by atoms with Crippen LogP contribution in [0.4, 0.5) is 0 Å². The Bertz CT molecular complexity index is 542. The van der Waals surface area contributed by atoms with Gasteiger partial charge in [-0.05, 0) is 23.3 Å². The van der Waals surface area contributed by atoms with Gasteiger partial charge in [-0.15, -0.1) is 0 Å². The summed E-state index contributed by atoms with van der Waals surface area (Å²) in [6.45, 7) is 0. The van der Waals surface area contributed by atoms with E-state index in [9.17, 15) is 0 Å². The first-order valence-corrected chi connectivity index (χ1v) is 6.71. The van der Waals surface area contributed by atoms with Crippen LogP contribution < -0.4 is 5.44 Å². The van der Waals surface area contributed by atoms with E-state index in [1.807, 2.05) is 30.3 Å². The molecule has 0 fully saturated rings. The summed E-state index contributed by atoms with van der Waals surface area (Å²) in [5.41, 5.74) is 3.54. The van der Waals surface area contributed by atoms with Crippen molar-refractivity contribution in [2.75, 3.05) is 0 Å². The molecule has 0 saturated heterocycles. The van der Waals surface area contributed by atoms with E-state index >= 15 is 0 Å². The zero-order valence-electron chi connectivity index (χ0n) is 10.6. The maximum Gasteiger partial charge on any atom is 0.0569 e. The number of rotatable bonds is 1. The maximum atomic E-state index is 3.94. The number of hydrogen-bond donors (Lipinski definition) is 0. The Kier molecular flexibility index (Phi) is 5.28. The third kappa shape index (κ3) is 4.65. The van der Waals surface area contributed by atoms with Gasteiger partial charge in [0.15, 0.2) is 0 Å². The van der Waals surface area contributed by atoms with Gasteiger partial charge in [0.05, 0.1) is 5.44 Å². The highest BCUT2D eigenvalue weighted by Gasteiger charge is 1.91. The third-order valence-corrected chi connectivity index (χ3v) is 2.91. The van der Waals surface area contributed by atoms with Crippen LogP contribution in [0.5, 0.6) is 0 Å². The molecule has 0 N–H and O–H groups in total. The Morgan fingerprint density at radius 3 is 1.37 bits per heavy atom. The molecule has 0 aliphatic heterocycles. The zero-order valence-corrected chi connectivity index (χ0v) is 11.8. The second-order valence-electron chi connectivity index (χ2n) is 3.99. The lowest BCUT2D eigenvalue weighted by molar-refractivity contribution is 1.40. The van der Waals surface area contributed by atoms with Crippen LogP contribution >= 0.6 is 9.24 Å². The van der Waals surface area contributed by atoms with Crippen LogP contribution in [-0.4, -0.2) is 4.98 Å². The molecule has 0 aliphatic carbocycles. The van der Waals surface area contributed by atoms with E-state index in [2.05, 4.69) is 62.8 Å². The van der Waals surface area contributed by atoms with Gasteiger partial charge < -0.3 is 0 Å². The Balaban J connectivity index is 0.000000163. The van der Waals surface area contributed by atoms with Crippen LogP contribution in [0, 0.1) is 0 Å². The lowest BCUT2D eigenvalue weighted by Crippen LogP contribution is -1.91. The van der Waals surface area contributed by atoms with Gasteiger partial charge in [0, 0.05) is 6.20 Å². The van der Waals surface area contributed by atoms with E-state index in [-0.39, 0.29) is 0 Å². The van der Waals surface area contributed by atoms with Crippen molar-refractivity contribution in [3.63, 3.8) is 0 Å². The lowest BCUT2D eigenvalue weighted by atomic mass is 10.1. The lowest BCUT2D eigenvalue weighted by Gasteiger charge is -1.98. The number of aromatic nitrogens is 1. The third-order valence-electron chi connectivity index (χ3n) is 2.57. The molecule has 0 saturated carbocycles. The quantitative estimate of drug-likeness (QED) is 0.607. The van der Waals surface area contributed by atoms with Gasteiger partial charge in [-0.2, -0.15) is 0 Å². The fourth-order valence-corrected chi connectivity index (χ4v) is 1.83. The molecule has 0 radical (unpaired) electrons. The van der Waals surface area contributed by atoms with Crippen molar-refractivity contribution in [3.8, 4) is 11.1 Å². The van der Waals surface area contributed by atoms with Gasteiger partial charge in [-0.1, -0.05) is 76.0 Å².